The zero-order chi connectivity index (χ0) is 37.9. The van der Waals surface area contributed by atoms with Crippen molar-refractivity contribution in [3.05, 3.63) is 154 Å². The third-order valence-electron chi connectivity index (χ3n) is 10.2. The van der Waals surface area contributed by atoms with Crippen LogP contribution in [0.1, 0.15) is 23.0 Å². The summed E-state index contributed by atoms with van der Waals surface area (Å²) in [6, 6.07) is 36.4. The highest BCUT2D eigenvalue weighted by molar-refractivity contribution is 7.13. The Labute approximate surface area is 337 Å². The number of rotatable bonds is 7. The van der Waals surface area contributed by atoms with Crippen LogP contribution < -0.4 is 0 Å². The van der Waals surface area contributed by atoms with Crippen molar-refractivity contribution in [2.24, 2.45) is 0 Å². The molecule has 12 heteroatoms. The molecule has 6 heterocycles. The van der Waals surface area contributed by atoms with Crippen molar-refractivity contribution in [1.29, 1.82) is 10.5 Å². The van der Waals surface area contributed by atoms with Gasteiger partial charge in [-0.3, -0.25) is 19.1 Å². The normalized spacial score (nSPS) is 12.6. The van der Waals surface area contributed by atoms with Gasteiger partial charge >= 0.3 is 0 Å². The van der Waals surface area contributed by atoms with Gasteiger partial charge in [-0.25, -0.2) is 9.97 Å². The Kier molecular flexibility index (Phi) is 8.36. The number of halogens is 2. The molecule has 0 saturated heterocycles. The minimum Gasteiger partial charge on any atom is -0.297 e. The second-order valence-corrected chi connectivity index (χ2v) is 16.0. The Morgan fingerprint density at radius 1 is 0.536 bits per heavy atom. The number of imidazole rings is 2. The van der Waals surface area contributed by atoms with E-state index in [0.29, 0.717) is 32.5 Å². The summed E-state index contributed by atoms with van der Waals surface area (Å²) in [5.74, 6) is -1.66. The van der Waals surface area contributed by atoms with Crippen molar-refractivity contribution in [3.8, 4) is 44.4 Å². The molecule has 266 valence electrons. The predicted octanol–water partition coefficient (Wildman–Crippen LogP) is 12.1. The van der Waals surface area contributed by atoms with Gasteiger partial charge in [-0.05, 0) is 93.7 Å². The lowest BCUT2D eigenvalue weighted by Gasteiger charge is -2.19. The average Bonchev–Trinajstić information content (AvgIpc) is 4.07. The first kappa shape index (κ1) is 34.1. The van der Waals surface area contributed by atoms with Gasteiger partial charge in [-0.15, -0.1) is 22.7 Å². The average molecular weight is 800 g/mol. The quantitative estimate of drug-likeness (QED) is 0.159. The van der Waals surface area contributed by atoms with Crippen molar-refractivity contribution in [3.63, 3.8) is 0 Å². The van der Waals surface area contributed by atoms with Gasteiger partial charge in [-0.2, -0.15) is 10.5 Å². The molecule has 0 amide bonds. The Morgan fingerprint density at radius 2 is 1.00 bits per heavy atom. The van der Waals surface area contributed by atoms with Crippen LogP contribution in [0.15, 0.2) is 133 Å². The van der Waals surface area contributed by atoms with E-state index in [9.17, 15) is 10.5 Å². The van der Waals surface area contributed by atoms with Gasteiger partial charge in [0, 0.05) is 20.5 Å². The molecule has 4 aromatic carbocycles. The van der Waals surface area contributed by atoms with Gasteiger partial charge in [0.15, 0.2) is 0 Å². The van der Waals surface area contributed by atoms with E-state index < -0.39 is 11.8 Å². The number of pyridine rings is 2. The fourth-order valence-electron chi connectivity index (χ4n) is 7.45. The number of fused-ring (bicyclic) bond motifs is 6. The second kappa shape index (κ2) is 13.7. The van der Waals surface area contributed by atoms with Gasteiger partial charge in [-0.1, -0.05) is 59.6 Å². The number of thiophene rings is 2. The Hall–Kier alpha value is -6.40. The number of nitrogens with zero attached hydrogens (tertiary/aromatic N) is 8. The SMILES string of the molecule is N#CC(c1ccc(-n2cnc3cnc4ccc(-c5cccs5)cc4c32)c(Cl)c1)C(C#N)c1ccc(-n2cnc3cnc4ccc(-c5cccs5)cc4c32)c(Cl)c1. The molecular formula is C44H24Cl2N8S2. The summed E-state index contributed by atoms with van der Waals surface area (Å²) < 4.78 is 3.90. The third kappa shape index (κ3) is 5.62. The smallest absolute Gasteiger partial charge is 0.108 e. The molecule has 0 saturated carbocycles. The molecule has 0 fully saturated rings. The number of aromatic nitrogens is 6. The molecular weight excluding hydrogens is 776 g/mol. The highest BCUT2D eigenvalue weighted by atomic mass is 35.5. The van der Waals surface area contributed by atoms with Crippen LogP contribution >= 0.6 is 45.9 Å². The molecule has 0 aliphatic carbocycles. The summed E-state index contributed by atoms with van der Waals surface area (Å²) >= 11 is 17.4. The van der Waals surface area contributed by atoms with Gasteiger partial charge in [0.25, 0.3) is 0 Å². The first-order valence-electron chi connectivity index (χ1n) is 17.5. The maximum Gasteiger partial charge on any atom is 0.108 e. The fourth-order valence-corrected chi connectivity index (χ4v) is 9.46. The van der Waals surface area contributed by atoms with Gasteiger partial charge < -0.3 is 0 Å². The van der Waals surface area contributed by atoms with E-state index in [1.165, 1.54) is 0 Å². The number of hydrogen-bond donors (Lipinski definition) is 0. The van der Waals surface area contributed by atoms with Crippen molar-refractivity contribution in [2.45, 2.75) is 11.8 Å². The first-order valence-corrected chi connectivity index (χ1v) is 20.0. The van der Waals surface area contributed by atoms with Gasteiger partial charge in [0.1, 0.15) is 23.7 Å². The molecule has 8 nitrogen and oxygen atoms in total. The number of nitriles is 2. The van der Waals surface area contributed by atoms with E-state index in [1.807, 2.05) is 57.7 Å². The summed E-state index contributed by atoms with van der Waals surface area (Å²) in [6.07, 6.45) is 6.99. The molecule has 2 atom stereocenters. The van der Waals surface area contributed by atoms with Crippen LogP contribution in [-0.4, -0.2) is 29.1 Å². The lowest BCUT2D eigenvalue weighted by atomic mass is 9.83. The van der Waals surface area contributed by atoms with Crippen LogP contribution in [0.3, 0.4) is 0 Å². The summed E-state index contributed by atoms with van der Waals surface area (Å²) in [6.45, 7) is 0. The minimum atomic E-state index is -0.828. The van der Waals surface area contributed by atoms with Gasteiger partial charge in [0.05, 0.1) is 79.9 Å². The summed E-state index contributed by atoms with van der Waals surface area (Å²) in [5.41, 5.74) is 9.72. The van der Waals surface area contributed by atoms with Crippen LogP contribution in [0.4, 0.5) is 0 Å². The Balaban J connectivity index is 0.997. The standard InChI is InChI=1S/C44H24Cl2N8S2/c45-33-17-25(7-11-39(33)53-23-51-37-21-49-35-9-5-27(15-29(35)43(37)53)41-3-1-13-55-41)31(19-47)32(20-48)26-8-12-40(34(46)18-26)54-24-52-38-22-50-36-10-6-28(16-30(36)44(38)54)42-4-2-14-56-42/h1-18,21-24,31-32H. The monoisotopic (exact) mass is 798 g/mol. The molecule has 10 aromatic rings. The molecule has 56 heavy (non-hydrogen) atoms. The minimum absolute atomic E-state index is 0.419. The summed E-state index contributed by atoms with van der Waals surface area (Å²) in [5, 5.41) is 27.9. The predicted molar refractivity (Wildman–Crippen MR) is 226 cm³/mol. The maximum atomic E-state index is 10.5. The molecule has 0 aliphatic heterocycles. The van der Waals surface area contributed by atoms with Crippen molar-refractivity contribution < 1.29 is 0 Å². The fraction of sp³-hybridized carbons (Fsp3) is 0.0455. The highest BCUT2D eigenvalue weighted by Crippen LogP contribution is 2.39. The zero-order valence-electron chi connectivity index (χ0n) is 29.0. The molecule has 2 unspecified atom stereocenters. The molecule has 0 N–H and O–H groups in total. The van der Waals surface area contributed by atoms with E-state index in [1.54, 1.807) is 59.9 Å². The molecule has 0 radical (unpaired) electrons. The second-order valence-electron chi connectivity index (χ2n) is 13.3. The molecule has 0 aliphatic rings. The molecule has 0 spiro atoms. The number of benzene rings is 4. The summed E-state index contributed by atoms with van der Waals surface area (Å²) in [4.78, 5) is 20.9. The third-order valence-corrected chi connectivity index (χ3v) is 12.6. The topological polar surface area (TPSA) is 109 Å². The summed E-state index contributed by atoms with van der Waals surface area (Å²) in [7, 11) is 0. The van der Waals surface area contributed by atoms with Crippen molar-refractivity contribution in [2.75, 3.05) is 0 Å². The van der Waals surface area contributed by atoms with E-state index in [-0.39, 0.29) is 0 Å². The lowest BCUT2D eigenvalue weighted by Crippen LogP contribution is -2.09. The zero-order valence-corrected chi connectivity index (χ0v) is 32.2. The van der Waals surface area contributed by atoms with Crippen LogP contribution in [0.2, 0.25) is 10.0 Å². The van der Waals surface area contributed by atoms with Crippen molar-refractivity contribution >= 4 is 89.7 Å². The van der Waals surface area contributed by atoms with Crippen molar-refractivity contribution in [1.82, 2.24) is 29.1 Å². The number of hydrogen-bond acceptors (Lipinski definition) is 8. The van der Waals surface area contributed by atoms with E-state index in [4.69, 9.17) is 23.2 Å². The highest BCUT2D eigenvalue weighted by Gasteiger charge is 2.27. The van der Waals surface area contributed by atoms with Gasteiger partial charge in [0.2, 0.25) is 0 Å². The van der Waals surface area contributed by atoms with Crippen LogP contribution in [-0.2, 0) is 0 Å². The Morgan fingerprint density at radius 3 is 1.39 bits per heavy atom. The van der Waals surface area contributed by atoms with Crippen LogP contribution in [0, 0.1) is 22.7 Å². The molecule has 0 bridgehead atoms. The molecule has 10 rings (SSSR count). The van der Waals surface area contributed by atoms with E-state index in [2.05, 4.69) is 79.2 Å². The van der Waals surface area contributed by atoms with E-state index in [0.717, 1.165) is 64.8 Å². The first-order chi connectivity index (χ1) is 27.5. The largest absolute Gasteiger partial charge is 0.297 e. The van der Waals surface area contributed by atoms with Crippen LogP contribution in [0.5, 0.6) is 0 Å². The lowest BCUT2D eigenvalue weighted by molar-refractivity contribution is 0.760. The maximum absolute atomic E-state index is 10.5. The van der Waals surface area contributed by atoms with Crippen LogP contribution in [0.25, 0.3) is 76.1 Å². The Bertz CT molecular complexity index is 3010. The molecule has 6 aromatic heterocycles. The van der Waals surface area contributed by atoms with E-state index >= 15 is 0 Å².